The molecular formula is C10H23NO. The Morgan fingerprint density at radius 1 is 1.25 bits per heavy atom. The van der Waals surface area contributed by atoms with Gasteiger partial charge in [-0.05, 0) is 25.7 Å². The van der Waals surface area contributed by atoms with Gasteiger partial charge in [0.2, 0.25) is 0 Å². The quantitative estimate of drug-likeness (QED) is 0.679. The highest BCUT2D eigenvalue weighted by atomic mass is 16.3. The highest BCUT2D eigenvalue weighted by molar-refractivity contribution is 4.78. The molecule has 0 fully saturated rings. The van der Waals surface area contributed by atoms with Crippen LogP contribution >= 0.6 is 0 Å². The van der Waals surface area contributed by atoms with Crippen LogP contribution in [-0.2, 0) is 0 Å². The highest BCUT2D eigenvalue weighted by Gasteiger charge is 2.20. The summed E-state index contributed by atoms with van der Waals surface area (Å²) in [6.07, 6.45) is 0.834. The first kappa shape index (κ1) is 11.9. The van der Waals surface area contributed by atoms with E-state index in [4.69, 9.17) is 5.11 Å². The molecule has 0 rings (SSSR count). The lowest BCUT2D eigenvalue weighted by molar-refractivity contribution is 0.230. The van der Waals surface area contributed by atoms with Crippen LogP contribution in [0.3, 0.4) is 0 Å². The van der Waals surface area contributed by atoms with Gasteiger partial charge < -0.3 is 10.4 Å². The SMILES string of the molecule is CC(CCO)NC(C)C(C)(C)C. The van der Waals surface area contributed by atoms with E-state index < -0.39 is 0 Å². The Bertz CT molecular complexity index is 117. The molecule has 0 aliphatic heterocycles. The summed E-state index contributed by atoms with van der Waals surface area (Å²) in [5.74, 6) is 0. The van der Waals surface area contributed by atoms with Crippen LogP contribution in [0.2, 0.25) is 0 Å². The molecular weight excluding hydrogens is 150 g/mol. The fourth-order valence-corrected chi connectivity index (χ4v) is 0.954. The van der Waals surface area contributed by atoms with Gasteiger partial charge in [-0.1, -0.05) is 20.8 Å². The Morgan fingerprint density at radius 3 is 2.08 bits per heavy atom. The lowest BCUT2D eigenvalue weighted by atomic mass is 9.87. The fraction of sp³-hybridized carbons (Fsp3) is 1.00. The van der Waals surface area contributed by atoms with Crippen molar-refractivity contribution in [3.63, 3.8) is 0 Å². The summed E-state index contributed by atoms with van der Waals surface area (Å²) in [7, 11) is 0. The lowest BCUT2D eigenvalue weighted by Crippen LogP contribution is -2.42. The van der Waals surface area contributed by atoms with Gasteiger partial charge in [0.05, 0.1) is 0 Å². The summed E-state index contributed by atoms with van der Waals surface area (Å²) < 4.78 is 0. The molecule has 2 N–H and O–H groups in total. The third kappa shape index (κ3) is 4.73. The van der Waals surface area contributed by atoms with Crippen molar-refractivity contribution >= 4 is 0 Å². The van der Waals surface area contributed by atoms with Crippen LogP contribution in [0.25, 0.3) is 0 Å². The highest BCUT2D eigenvalue weighted by Crippen LogP contribution is 2.19. The van der Waals surface area contributed by atoms with Gasteiger partial charge in [-0.15, -0.1) is 0 Å². The van der Waals surface area contributed by atoms with Crippen molar-refractivity contribution in [1.82, 2.24) is 5.32 Å². The van der Waals surface area contributed by atoms with Gasteiger partial charge in [-0.3, -0.25) is 0 Å². The Labute approximate surface area is 76.4 Å². The number of aliphatic hydroxyl groups excluding tert-OH is 1. The van der Waals surface area contributed by atoms with Gasteiger partial charge in [-0.25, -0.2) is 0 Å². The standard InChI is InChI=1S/C10H23NO/c1-8(6-7-12)11-9(2)10(3,4)5/h8-9,11-12H,6-7H2,1-5H3. The van der Waals surface area contributed by atoms with Crippen molar-refractivity contribution in [3.05, 3.63) is 0 Å². The van der Waals surface area contributed by atoms with Crippen molar-refractivity contribution in [2.75, 3.05) is 6.61 Å². The maximum Gasteiger partial charge on any atom is 0.0445 e. The zero-order valence-corrected chi connectivity index (χ0v) is 9.02. The molecule has 0 aromatic heterocycles. The molecule has 2 unspecified atom stereocenters. The largest absolute Gasteiger partial charge is 0.396 e. The van der Waals surface area contributed by atoms with Crippen molar-refractivity contribution in [3.8, 4) is 0 Å². The number of nitrogens with one attached hydrogen (secondary N) is 1. The zero-order valence-electron chi connectivity index (χ0n) is 9.02. The maximum absolute atomic E-state index is 8.71. The first-order chi connectivity index (χ1) is 5.38. The molecule has 12 heavy (non-hydrogen) atoms. The molecule has 0 aliphatic carbocycles. The minimum absolute atomic E-state index is 0.269. The van der Waals surface area contributed by atoms with Crippen LogP contribution < -0.4 is 5.32 Å². The van der Waals surface area contributed by atoms with E-state index >= 15 is 0 Å². The molecule has 0 amide bonds. The van der Waals surface area contributed by atoms with Crippen LogP contribution in [0.4, 0.5) is 0 Å². The molecule has 0 aliphatic rings. The van der Waals surface area contributed by atoms with E-state index in [1.807, 2.05) is 0 Å². The summed E-state index contributed by atoms with van der Waals surface area (Å²) in [6.45, 7) is 11.2. The molecule has 2 heteroatoms. The van der Waals surface area contributed by atoms with Crippen molar-refractivity contribution < 1.29 is 5.11 Å². The van der Waals surface area contributed by atoms with Gasteiger partial charge in [0.25, 0.3) is 0 Å². The molecule has 0 saturated heterocycles. The van der Waals surface area contributed by atoms with E-state index in [1.54, 1.807) is 0 Å². The number of hydrogen-bond donors (Lipinski definition) is 2. The topological polar surface area (TPSA) is 32.3 Å². The van der Waals surface area contributed by atoms with Crippen LogP contribution in [0, 0.1) is 5.41 Å². The van der Waals surface area contributed by atoms with E-state index in [1.165, 1.54) is 0 Å². The van der Waals surface area contributed by atoms with Gasteiger partial charge in [0.15, 0.2) is 0 Å². The normalized spacial score (nSPS) is 17.5. The molecule has 0 aromatic carbocycles. The van der Waals surface area contributed by atoms with E-state index in [-0.39, 0.29) is 6.61 Å². The van der Waals surface area contributed by atoms with Crippen LogP contribution in [-0.4, -0.2) is 23.8 Å². The third-order valence-electron chi connectivity index (χ3n) is 2.40. The predicted molar refractivity (Wildman–Crippen MR) is 53.2 cm³/mol. The Hall–Kier alpha value is -0.0800. The Morgan fingerprint density at radius 2 is 1.75 bits per heavy atom. The minimum Gasteiger partial charge on any atom is -0.396 e. The Kier molecular flexibility index (Phi) is 4.80. The van der Waals surface area contributed by atoms with Gasteiger partial charge in [0.1, 0.15) is 0 Å². The van der Waals surface area contributed by atoms with E-state index in [0.717, 1.165) is 6.42 Å². The molecule has 2 atom stereocenters. The summed E-state index contributed by atoms with van der Waals surface area (Å²) in [6, 6.07) is 0.892. The fourth-order valence-electron chi connectivity index (χ4n) is 0.954. The maximum atomic E-state index is 8.71. The van der Waals surface area contributed by atoms with E-state index in [2.05, 4.69) is 39.9 Å². The molecule has 74 valence electrons. The van der Waals surface area contributed by atoms with Crippen molar-refractivity contribution in [1.29, 1.82) is 0 Å². The first-order valence-electron chi connectivity index (χ1n) is 4.75. The summed E-state index contributed by atoms with van der Waals surface area (Å²) in [5.41, 5.74) is 0.295. The number of hydrogen-bond acceptors (Lipinski definition) is 2. The molecule has 0 aromatic rings. The smallest absolute Gasteiger partial charge is 0.0445 e. The van der Waals surface area contributed by atoms with E-state index in [9.17, 15) is 0 Å². The summed E-state index contributed by atoms with van der Waals surface area (Å²) >= 11 is 0. The van der Waals surface area contributed by atoms with Crippen molar-refractivity contribution in [2.24, 2.45) is 5.41 Å². The van der Waals surface area contributed by atoms with Gasteiger partial charge in [-0.2, -0.15) is 0 Å². The molecule has 0 bridgehead atoms. The average Bonchev–Trinajstić information content (AvgIpc) is 1.85. The second-order valence-corrected chi connectivity index (χ2v) is 4.67. The second-order valence-electron chi connectivity index (χ2n) is 4.67. The third-order valence-corrected chi connectivity index (χ3v) is 2.40. The molecule has 2 nitrogen and oxygen atoms in total. The lowest BCUT2D eigenvalue weighted by Gasteiger charge is -2.30. The van der Waals surface area contributed by atoms with Gasteiger partial charge >= 0.3 is 0 Å². The van der Waals surface area contributed by atoms with Gasteiger partial charge in [0, 0.05) is 18.7 Å². The molecule has 0 spiro atoms. The molecule has 0 radical (unpaired) electrons. The number of rotatable bonds is 4. The Balaban J connectivity index is 3.76. The average molecular weight is 173 g/mol. The molecule has 0 heterocycles. The first-order valence-corrected chi connectivity index (χ1v) is 4.75. The van der Waals surface area contributed by atoms with Crippen LogP contribution in [0.15, 0.2) is 0 Å². The van der Waals surface area contributed by atoms with Crippen LogP contribution in [0.5, 0.6) is 0 Å². The molecule has 0 saturated carbocycles. The van der Waals surface area contributed by atoms with Crippen molar-refractivity contribution in [2.45, 2.75) is 53.1 Å². The predicted octanol–water partition coefficient (Wildman–Crippen LogP) is 1.78. The summed E-state index contributed by atoms with van der Waals surface area (Å²) in [5, 5.41) is 12.2. The number of aliphatic hydroxyl groups is 1. The monoisotopic (exact) mass is 173 g/mol. The summed E-state index contributed by atoms with van der Waals surface area (Å²) in [4.78, 5) is 0. The van der Waals surface area contributed by atoms with Crippen LogP contribution in [0.1, 0.15) is 41.0 Å². The minimum atomic E-state index is 0.269. The van der Waals surface area contributed by atoms with E-state index in [0.29, 0.717) is 17.5 Å². The second kappa shape index (κ2) is 4.83. The zero-order chi connectivity index (χ0) is 9.78.